The van der Waals surface area contributed by atoms with Crippen molar-refractivity contribution in [3.8, 4) is 0 Å². The highest BCUT2D eigenvalue weighted by Gasteiger charge is 2.39. The zero-order valence-electron chi connectivity index (χ0n) is 10.1. The average Bonchev–Trinajstić information content (AvgIpc) is 2.33. The van der Waals surface area contributed by atoms with Gasteiger partial charge in [-0.3, -0.25) is 4.79 Å². The molecule has 6 nitrogen and oxygen atoms in total. The van der Waals surface area contributed by atoms with Crippen LogP contribution in [0.25, 0.3) is 0 Å². The SMILES string of the molecule is CC1(C)C(=O)NCCN1c1nnccc1CN. The lowest BCUT2D eigenvalue weighted by Gasteiger charge is -2.42. The predicted molar refractivity (Wildman–Crippen MR) is 64.4 cm³/mol. The van der Waals surface area contributed by atoms with E-state index in [1.54, 1.807) is 6.20 Å². The minimum Gasteiger partial charge on any atom is -0.352 e. The van der Waals surface area contributed by atoms with E-state index in [-0.39, 0.29) is 5.91 Å². The van der Waals surface area contributed by atoms with E-state index in [0.29, 0.717) is 25.5 Å². The summed E-state index contributed by atoms with van der Waals surface area (Å²) in [6.07, 6.45) is 1.61. The molecular weight excluding hydrogens is 218 g/mol. The second-order valence-corrected chi connectivity index (χ2v) is 4.55. The summed E-state index contributed by atoms with van der Waals surface area (Å²) in [5.41, 5.74) is 5.96. The van der Waals surface area contributed by atoms with Gasteiger partial charge in [0.1, 0.15) is 5.54 Å². The molecule has 0 aromatic carbocycles. The summed E-state index contributed by atoms with van der Waals surface area (Å²) >= 11 is 0. The number of nitrogens with one attached hydrogen (secondary N) is 1. The van der Waals surface area contributed by atoms with Crippen LogP contribution in [0.3, 0.4) is 0 Å². The standard InChI is InChI=1S/C11H17N5O/c1-11(2)10(17)13-5-6-16(11)9-8(7-12)3-4-14-15-9/h3-4H,5-7,12H2,1-2H3,(H,13,17). The normalized spacial score (nSPS) is 19.0. The second-order valence-electron chi connectivity index (χ2n) is 4.55. The zero-order chi connectivity index (χ0) is 12.5. The Bertz CT molecular complexity index is 432. The van der Waals surface area contributed by atoms with E-state index in [1.165, 1.54) is 0 Å². The van der Waals surface area contributed by atoms with Gasteiger partial charge in [0.2, 0.25) is 5.91 Å². The van der Waals surface area contributed by atoms with Crippen LogP contribution in [-0.2, 0) is 11.3 Å². The van der Waals surface area contributed by atoms with Crippen LogP contribution >= 0.6 is 0 Å². The molecule has 0 atom stereocenters. The van der Waals surface area contributed by atoms with Crippen molar-refractivity contribution in [2.45, 2.75) is 25.9 Å². The maximum atomic E-state index is 11.9. The molecule has 17 heavy (non-hydrogen) atoms. The van der Waals surface area contributed by atoms with Crippen molar-refractivity contribution in [2.75, 3.05) is 18.0 Å². The molecule has 92 valence electrons. The van der Waals surface area contributed by atoms with E-state index in [4.69, 9.17) is 5.73 Å². The number of carbonyl (C=O) groups is 1. The Morgan fingerprint density at radius 2 is 2.35 bits per heavy atom. The number of amides is 1. The lowest BCUT2D eigenvalue weighted by molar-refractivity contribution is -0.126. The van der Waals surface area contributed by atoms with Crippen molar-refractivity contribution >= 4 is 11.7 Å². The number of rotatable bonds is 2. The van der Waals surface area contributed by atoms with Gasteiger partial charge in [0, 0.05) is 25.2 Å². The molecular formula is C11H17N5O. The van der Waals surface area contributed by atoms with E-state index in [9.17, 15) is 4.79 Å². The number of aromatic nitrogens is 2. The third kappa shape index (κ3) is 1.95. The van der Waals surface area contributed by atoms with Crippen molar-refractivity contribution in [1.82, 2.24) is 15.5 Å². The Balaban J connectivity index is 2.41. The molecule has 1 amide bonds. The number of nitrogens with two attached hydrogens (primary N) is 1. The van der Waals surface area contributed by atoms with Crippen molar-refractivity contribution in [3.05, 3.63) is 17.8 Å². The minimum atomic E-state index is -0.627. The van der Waals surface area contributed by atoms with E-state index in [0.717, 1.165) is 5.56 Å². The molecule has 0 aliphatic carbocycles. The maximum absolute atomic E-state index is 11.9. The Labute approximate surface area is 100 Å². The van der Waals surface area contributed by atoms with Crippen molar-refractivity contribution in [2.24, 2.45) is 5.73 Å². The molecule has 1 fully saturated rings. The number of hydrogen-bond donors (Lipinski definition) is 2. The van der Waals surface area contributed by atoms with Gasteiger partial charge in [-0.1, -0.05) is 0 Å². The lowest BCUT2D eigenvalue weighted by Crippen LogP contribution is -2.62. The molecule has 2 rings (SSSR count). The fourth-order valence-electron chi connectivity index (χ4n) is 2.01. The fraction of sp³-hybridized carbons (Fsp3) is 0.545. The third-order valence-electron chi connectivity index (χ3n) is 3.11. The molecule has 2 heterocycles. The minimum absolute atomic E-state index is 0.00243. The maximum Gasteiger partial charge on any atom is 0.245 e. The average molecular weight is 235 g/mol. The molecule has 1 aliphatic heterocycles. The molecule has 6 heteroatoms. The molecule has 0 bridgehead atoms. The van der Waals surface area contributed by atoms with Gasteiger partial charge >= 0.3 is 0 Å². The highest BCUT2D eigenvalue weighted by molar-refractivity contribution is 5.90. The fourth-order valence-corrected chi connectivity index (χ4v) is 2.01. The highest BCUT2D eigenvalue weighted by Crippen LogP contribution is 2.26. The van der Waals surface area contributed by atoms with Gasteiger partial charge in [0.25, 0.3) is 0 Å². The van der Waals surface area contributed by atoms with E-state index < -0.39 is 5.54 Å². The van der Waals surface area contributed by atoms with Crippen LogP contribution in [-0.4, -0.2) is 34.7 Å². The summed E-state index contributed by atoms with van der Waals surface area (Å²) in [7, 11) is 0. The largest absolute Gasteiger partial charge is 0.352 e. The van der Waals surface area contributed by atoms with Crippen LogP contribution in [0.4, 0.5) is 5.82 Å². The summed E-state index contributed by atoms with van der Waals surface area (Å²) < 4.78 is 0. The Kier molecular flexibility index (Phi) is 2.97. The van der Waals surface area contributed by atoms with Gasteiger partial charge in [-0.2, -0.15) is 5.10 Å². The molecule has 1 saturated heterocycles. The van der Waals surface area contributed by atoms with Gasteiger partial charge < -0.3 is 16.0 Å². The van der Waals surface area contributed by atoms with E-state index in [2.05, 4.69) is 15.5 Å². The Morgan fingerprint density at radius 1 is 1.59 bits per heavy atom. The molecule has 3 N–H and O–H groups in total. The number of piperazine rings is 1. The Morgan fingerprint density at radius 3 is 3.06 bits per heavy atom. The van der Waals surface area contributed by atoms with Crippen molar-refractivity contribution in [1.29, 1.82) is 0 Å². The predicted octanol–water partition coefficient (Wildman–Crippen LogP) is -0.350. The summed E-state index contributed by atoms with van der Waals surface area (Å²) in [5, 5.41) is 10.8. The topological polar surface area (TPSA) is 84.1 Å². The third-order valence-corrected chi connectivity index (χ3v) is 3.11. The van der Waals surface area contributed by atoms with Crippen LogP contribution < -0.4 is 16.0 Å². The van der Waals surface area contributed by atoms with Gasteiger partial charge in [-0.25, -0.2) is 0 Å². The lowest BCUT2D eigenvalue weighted by atomic mass is 9.98. The van der Waals surface area contributed by atoms with Crippen molar-refractivity contribution in [3.63, 3.8) is 0 Å². The Hall–Kier alpha value is -1.69. The van der Waals surface area contributed by atoms with Crippen LogP contribution in [0.2, 0.25) is 0 Å². The number of carbonyl (C=O) groups excluding carboxylic acids is 1. The van der Waals surface area contributed by atoms with Gasteiger partial charge in [-0.05, 0) is 19.9 Å². The monoisotopic (exact) mass is 235 g/mol. The van der Waals surface area contributed by atoms with Crippen LogP contribution in [0.15, 0.2) is 12.3 Å². The number of hydrogen-bond acceptors (Lipinski definition) is 5. The molecule has 1 aliphatic rings. The van der Waals surface area contributed by atoms with E-state index >= 15 is 0 Å². The molecule has 0 saturated carbocycles. The first kappa shape index (κ1) is 11.8. The molecule has 0 radical (unpaired) electrons. The van der Waals surface area contributed by atoms with Crippen LogP contribution in [0.5, 0.6) is 0 Å². The first-order valence-corrected chi connectivity index (χ1v) is 5.64. The van der Waals surface area contributed by atoms with Crippen molar-refractivity contribution < 1.29 is 4.79 Å². The van der Waals surface area contributed by atoms with Gasteiger partial charge in [0.15, 0.2) is 5.82 Å². The van der Waals surface area contributed by atoms with Crippen LogP contribution in [0, 0.1) is 0 Å². The zero-order valence-corrected chi connectivity index (χ0v) is 10.1. The molecule has 0 unspecified atom stereocenters. The highest BCUT2D eigenvalue weighted by atomic mass is 16.2. The molecule has 0 spiro atoms. The van der Waals surface area contributed by atoms with Crippen LogP contribution in [0.1, 0.15) is 19.4 Å². The summed E-state index contributed by atoms with van der Waals surface area (Å²) in [5.74, 6) is 0.701. The summed E-state index contributed by atoms with van der Waals surface area (Å²) in [6, 6.07) is 1.84. The van der Waals surface area contributed by atoms with E-state index in [1.807, 2.05) is 24.8 Å². The quantitative estimate of drug-likeness (QED) is 0.732. The first-order valence-electron chi connectivity index (χ1n) is 5.64. The molecule has 1 aromatic rings. The smallest absolute Gasteiger partial charge is 0.245 e. The van der Waals surface area contributed by atoms with Gasteiger partial charge in [-0.15, -0.1) is 5.10 Å². The number of nitrogens with zero attached hydrogens (tertiary/aromatic N) is 3. The summed E-state index contributed by atoms with van der Waals surface area (Å²) in [6.45, 7) is 5.46. The molecule has 1 aromatic heterocycles. The summed E-state index contributed by atoms with van der Waals surface area (Å²) in [4.78, 5) is 13.8. The number of anilines is 1. The second kappa shape index (κ2) is 4.29. The van der Waals surface area contributed by atoms with Gasteiger partial charge in [0.05, 0.1) is 6.20 Å². The first-order chi connectivity index (χ1) is 8.07.